The van der Waals surface area contributed by atoms with Gasteiger partial charge in [0.15, 0.2) is 0 Å². The van der Waals surface area contributed by atoms with Gasteiger partial charge in [-0.25, -0.2) is 9.97 Å². The number of nitrogens with zero attached hydrogens (tertiary/aromatic N) is 6. The first-order valence-electron chi connectivity index (χ1n) is 10.4. The third-order valence-electron chi connectivity index (χ3n) is 5.74. The number of likely N-dealkylation sites (tertiary alicyclic amines) is 1. The van der Waals surface area contributed by atoms with Crippen LogP contribution in [-0.2, 0) is 13.6 Å². The summed E-state index contributed by atoms with van der Waals surface area (Å²) < 4.78 is 1.90. The summed E-state index contributed by atoms with van der Waals surface area (Å²) in [7, 11) is 5.95. The second kappa shape index (κ2) is 8.74. The molecule has 2 aromatic heterocycles. The number of hydrogen-bond acceptors (Lipinski definition) is 5. The van der Waals surface area contributed by atoms with Crippen LogP contribution < -0.4 is 4.90 Å². The summed E-state index contributed by atoms with van der Waals surface area (Å²) in [6.07, 6.45) is 6.36. The molecule has 0 bridgehead atoms. The minimum absolute atomic E-state index is 0.353. The second-order valence-electron chi connectivity index (χ2n) is 8.36. The van der Waals surface area contributed by atoms with Crippen LogP contribution in [-0.4, -0.2) is 51.8 Å². The van der Waals surface area contributed by atoms with E-state index in [2.05, 4.69) is 34.2 Å². The lowest BCUT2D eigenvalue weighted by molar-refractivity contribution is 0.198. The molecule has 7 heteroatoms. The highest BCUT2D eigenvalue weighted by Crippen LogP contribution is 2.35. The molecule has 158 valence electrons. The molecule has 0 amide bonds. The van der Waals surface area contributed by atoms with Gasteiger partial charge in [0.1, 0.15) is 0 Å². The fourth-order valence-electron chi connectivity index (χ4n) is 4.26. The van der Waals surface area contributed by atoms with Crippen molar-refractivity contribution < 1.29 is 0 Å². The number of aromatic nitrogens is 4. The maximum absolute atomic E-state index is 6.28. The molecular formula is C23H29ClN6. The van der Waals surface area contributed by atoms with Gasteiger partial charge in [-0.1, -0.05) is 23.7 Å². The molecule has 1 saturated heterocycles. The Hall–Kier alpha value is -2.44. The van der Waals surface area contributed by atoms with E-state index in [9.17, 15) is 0 Å². The average molecular weight is 425 g/mol. The molecular weight excluding hydrogens is 396 g/mol. The monoisotopic (exact) mass is 424 g/mol. The Morgan fingerprint density at radius 1 is 1.27 bits per heavy atom. The van der Waals surface area contributed by atoms with Crippen molar-refractivity contribution in [2.75, 3.05) is 32.1 Å². The number of aryl methyl sites for hydroxylation is 2. The summed E-state index contributed by atoms with van der Waals surface area (Å²) in [6, 6.07) is 7.97. The molecule has 3 aromatic rings. The van der Waals surface area contributed by atoms with Crippen LogP contribution in [0.25, 0.3) is 11.1 Å². The van der Waals surface area contributed by atoms with Crippen molar-refractivity contribution in [3.8, 4) is 11.1 Å². The molecule has 1 aromatic carbocycles. The summed E-state index contributed by atoms with van der Waals surface area (Å²) in [5.74, 6) is 1.10. The smallest absolute Gasteiger partial charge is 0.225 e. The zero-order valence-electron chi connectivity index (χ0n) is 18.1. The van der Waals surface area contributed by atoms with Gasteiger partial charge in [0.05, 0.1) is 11.4 Å². The molecule has 0 spiro atoms. The van der Waals surface area contributed by atoms with E-state index in [0.717, 1.165) is 66.0 Å². The minimum atomic E-state index is 0.353. The molecule has 0 aliphatic carbocycles. The summed E-state index contributed by atoms with van der Waals surface area (Å²) in [6.45, 7) is 5.09. The van der Waals surface area contributed by atoms with Crippen LogP contribution in [0.3, 0.4) is 0 Å². The quantitative estimate of drug-likeness (QED) is 0.611. The van der Waals surface area contributed by atoms with Crippen LogP contribution in [0.5, 0.6) is 0 Å². The Bertz CT molecular complexity index is 1030. The Morgan fingerprint density at radius 3 is 2.80 bits per heavy atom. The fraction of sp³-hybridized carbons (Fsp3) is 0.435. The molecule has 1 unspecified atom stereocenters. The molecule has 1 fully saturated rings. The van der Waals surface area contributed by atoms with Crippen LogP contribution >= 0.6 is 11.6 Å². The molecule has 0 radical (unpaired) electrons. The molecule has 0 saturated carbocycles. The molecule has 1 atom stereocenters. The van der Waals surface area contributed by atoms with E-state index in [1.807, 2.05) is 55.1 Å². The van der Waals surface area contributed by atoms with Crippen molar-refractivity contribution in [1.29, 1.82) is 0 Å². The standard InChI is InChI=1S/C23H29ClN6/c1-16-19(13-29(4)27-16)15-30-10-6-8-18(14-30)22-21(12-25-23(26-22)28(2)3)17-7-5-9-20(24)11-17/h5,7,9,11-13,18H,6,8,10,14-15H2,1-4H3. The summed E-state index contributed by atoms with van der Waals surface area (Å²) in [5.41, 5.74) is 5.67. The van der Waals surface area contributed by atoms with Gasteiger partial charge in [-0.15, -0.1) is 0 Å². The number of hydrogen-bond donors (Lipinski definition) is 0. The lowest BCUT2D eigenvalue weighted by atomic mass is 9.89. The van der Waals surface area contributed by atoms with Gasteiger partial charge in [0.25, 0.3) is 0 Å². The Morgan fingerprint density at radius 2 is 2.10 bits per heavy atom. The second-order valence-corrected chi connectivity index (χ2v) is 8.80. The van der Waals surface area contributed by atoms with Gasteiger partial charge in [0, 0.05) is 68.7 Å². The van der Waals surface area contributed by atoms with Gasteiger partial charge in [-0.3, -0.25) is 9.58 Å². The van der Waals surface area contributed by atoms with Crippen molar-refractivity contribution >= 4 is 17.5 Å². The van der Waals surface area contributed by atoms with Gasteiger partial charge in [-0.2, -0.15) is 5.10 Å². The Balaban J connectivity index is 1.65. The minimum Gasteiger partial charge on any atom is -0.347 e. The Labute approximate surface area is 183 Å². The molecule has 0 N–H and O–H groups in total. The van der Waals surface area contributed by atoms with Gasteiger partial charge in [-0.05, 0) is 44.0 Å². The molecule has 4 rings (SSSR count). The zero-order valence-corrected chi connectivity index (χ0v) is 18.9. The lowest BCUT2D eigenvalue weighted by Crippen LogP contribution is -2.34. The fourth-order valence-corrected chi connectivity index (χ4v) is 4.45. The number of benzene rings is 1. The Kier molecular flexibility index (Phi) is 6.06. The molecule has 6 nitrogen and oxygen atoms in total. The maximum Gasteiger partial charge on any atom is 0.225 e. The van der Waals surface area contributed by atoms with Gasteiger partial charge in [0.2, 0.25) is 5.95 Å². The highest BCUT2D eigenvalue weighted by atomic mass is 35.5. The van der Waals surface area contributed by atoms with E-state index in [0.29, 0.717) is 5.92 Å². The summed E-state index contributed by atoms with van der Waals surface area (Å²) in [4.78, 5) is 14.1. The normalized spacial score (nSPS) is 17.3. The van der Waals surface area contributed by atoms with E-state index in [4.69, 9.17) is 16.6 Å². The van der Waals surface area contributed by atoms with Crippen LogP contribution in [0.15, 0.2) is 36.7 Å². The largest absolute Gasteiger partial charge is 0.347 e. The number of halogens is 1. The predicted octanol–water partition coefficient (Wildman–Crippen LogP) is 4.28. The van der Waals surface area contributed by atoms with E-state index >= 15 is 0 Å². The van der Waals surface area contributed by atoms with E-state index in [1.165, 1.54) is 5.56 Å². The van der Waals surface area contributed by atoms with Crippen LogP contribution in [0.4, 0.5) is 5.95 Å². The zero-order chi connectivity index (χ0) is 21.3. The van der Waals surface area contributed by atoms with E-state index < -0.39 is 0 Å². The van der Waals surface area contributed by atoms with Crippen LogP contribution in [0.1, 0.15) is 35.7 Å². The summed E-state index contributed by atoms with van der Waals surface area (Å²) in [5, 5.41) is 5.23. The van der Waals surface area contributed by atoms with Crippen molar-refractivity contribution in [3.05, 3.63) is 58.6 Å². The molecule has 1 aliphatic rings. The third kappa shape index (κ3) is 4.50. The van der Waals surface area contributed by atoms with Crippen LogP contribution in [0, 0.1) is 6.92 Å². The summed E-state index contributed by atoms with van der Waals surface area (Å²) >= 11 is 6.28. The highest BCUT2D eigenvalue weighted by Gasteiger charge is 2.26. The molecule has 1 aliphatic heterocycles. The average Bonchev–Trinajstić information content (AvgIpc) is 3.04. The van der Waals surface area contributed by atoms with Gasteiger partial charge >= 0.3 is 0 Å². The third-order valence-corrected chi connectivity index (χ3v) is 5.98. The topological polar surface area (TPSA) is 50.1 Å². The first-order chi connectivity index (χ1) is 14.4. The van der Waals surface area contributed by atoms with E-state index in [-0.39, 0.29) is 0 Å². The number of anilines is 1. The molecule has 3 heterocycles. The van der Waals surface area contributed by atoms with Crippen molar-refractivity contribution in [3.63, 3.8) is 0 Å². The van der Waals surface area contributed by atoms with Crippen molar-refractivity contribution in [2.45, 2.75) is 32.2 Å². The molecule has 30 heavy (non-hydrogen) atoms. The van der Waals surface area contributed by atoms with Crippen LogP contribution in [0.2, 0.25) is 5.02 Å². The van der Waals surface area contributed by atoms with E-state index in [1.54, 1.807) is 0 Å². The number of rotatable bonds is 5. The predicted molar refractivity (Wildman–Crippen MR) is 122 cm³/mol. The number of piperidine rings is 1. The van der Waals surface area contributed by atoms with Crippen molar-refractivity contribution in [1.82, 2.24) is 24.6 Å². The lowest BCUT2D eigenvalue weighted by Gasteiger charge is -2.33. The first-order valence-corrected chi connectivity index (χ1v) is 10.8. The van der Waals surface area contributed by atoms with Crippen molar-refractivity contribution in [2.24, 2.45) is 7.05 Å². The van der Waals surface area contributed by atoms with Gasteiger partial charge < -0.3 is 4.90 Å². The highest BCUT2D eigenvalue weighted by molar-refractivity contribution is 6.30. The first kappa shape index (κ1) is 20.8. The maximum atomic E-state index is 6.28. The SMILES string of the molecule is Cc1nn(C)cc1CN1CCCC(c2nc(N(C)C)ncc2-c2cccc(Cl)c2)C1.